The van der Waals surface area contributed by atoms with Crippen LogP contribution in [0.1, 0.15) is 22.8 Å². The van der Waals surface area contributed by atoms with Crippen molar-refractivity contribution in [3.63, 3.8) is 0 Å². The van der Waals surface area contributed by atoms with Gasteiger partial charge >= 0.3 is 5.97 Å². The highest BCUT2D eigenvalue weighted by Crippen LogP contribution is 2.11. The molecule has 0 atom stereocenters. The predicted molar refractivity (Wildman–Crippen MR) is 70.5 cm³/mol. The molecule has 2 aromatic heterocycles. The predicted octanol–water partition coefficient (Wildman–Crippen LogP) is 1.18. The number of aromatic amines is 1. The van der Waals surface area contributed by atoms with Crippen molar-refractivity contribution in [1.29, 1.82) is 0 Å². The molecule has 0 aromatic carbocycles. The van der Waals surface area contributed by atoms with Gasteiger partial charge in [0.15, 0.2) is 0 Å². The van der Waals surface area contributed by atoms with Crippen LogP contribution in [0.25, 0.3) is 0 Å². The molecule has 0 aliphatic carbocycles. The van der Waals surface area contributed by atoms with E-state index in [9.17, 15) is 4.79 Å². The fraction of sp³-hybridized carbons (Fsp3) is 0.250. The summed E-state index contributed by atoms with van der Waals surface area (Å²) in [5.41, 5.74) is 6.95. The SMILES string of the molecule is CCOC(=O)c1ccc(NCc2cn[nH]c2N)nc1. The molecule has 19 heavy (non-hydrogen) atoms. The van der Waals surface area contributed by atoms with Gasteiger partial charge in [-0.15, -0.1) is 0 Å². The molecule has 2 rings (SSSR count). The summed E-state index contributed by atoms with van der Waals surface area (Å²) < 4.78 is 4.87. The summed E-state index contributed by atoms with van der Waals surface area (Å²) in [4.78, 5) is 15.6. The number of anilines is 2. The molecule has 2 aromatic rings. The molecule has 4 N–H and O–H groups in total. The molecule has 7 nitrogen and oxygen atoms in total. The topological polar surface area (TPSA) is 106 Å². The van der Waals surface area contributed by atoms with Gasteiger partial charge in [-0.3, -0.25) is 5.10 Å². The first-order valence-electron chi connectivity index (χ1n) is 5.85. The van der Waals surface area contributed by atoms with E-state index >= 15 is 0 Å². The van der Waals surface area contributed by atoms with E-state index in [4.69, 9.17) is 10.5 Å². The third-order valence-electron chi connectivity index (χ3n) is 2.49. The second kappa shape index (κ2) is 5.85. The van der Waals surface area contributed by atoms with Gasteiger partial charge in [0.2, 0.25) is 0 Å². The maximum atomic E-state index is 11.4. The van der Waals surface area contributed by atoms with E-state index in [1.165, 1.54) is 6.20 Å². The van der Waals surface area contributed by atoms with E-state index in [0.29, 0.717) is 30.4 Å². The van der Waals surface area contributed by atoms with Crippen LogP contribution < -0.4 is 11.1 Å². The summed E-state index contributed by atoms with van der Waals surface area (Å²) in [5.74, 6) is 0.796. The lowest BCUT2D eigenvalue weighted by molar-refractivity contribution is 0.0526. The third kappa shape index (κ3) is 3.21. The molecule has 0 radical (unpaired) electrons. The quantitative estimate of drug-likeness (QED) is 0.698. The van der Waals surface area contributed by atoms with Crippen LogP contribution >= 0.6 is 0 Å². The molecule has 2 heterocycles. The van der Waals surface area contributed by atoms with Crippen molar-refractivity contribution < 1.29 is 9.53 Å². The normalized spacial score (nSPS) is 10.2. The van der Waals surface area contributed by atoms with Crippen molar-refractivity contribution >= 4 is 17.6 Å². The Bertz CT molecular complexity index is 550. The van der Waals surface area contributed by atoms with E-state index < -0.39 is 0 Å². The Morgan fingerprint density at radius 2 is 2.32 bits per heavy atom. The number of nitrogen functional groups attached to an aromatic ring is 1. The first kappa shape index (κ1) is 12.9. The number of rotatable bonds is 5. The number of esters is 1. The molecule has 0 saturated heterocycles. The van der Waals surface area contributed by atoms with E-state index in [0.717, 1.165) is 5.56 Å². The summed E-state index contributed by atoms with van der Waals surface area (Å²) in [5, 5.41) is 9.55. The first-order chi connectivity index (χ1) is 9.20. The number of aromatic nitrogens is 3. The summed E-state index contributed by atoms with van der Waals surface area (Å²) in [7, 11) is 0. The van der Waals surface area contributed by atoms with Crippen molar-refractivity contribution in [2.75, 3.05) is 17.7 Å². The van der Waals surface area contributed by atoms with Gasteiger partial charge in [0.1, 0.15) is 11.6 Å². The molecular formula is C12H15N5O2. The van der Waals surface area contributed by atoms with Crippen molar-refractivity contribution in [2.45, 2.75) is 13.5 Å². The third-order valence-corrected chi connectivity index (χ3v) is 2.49. The van der Waals surface area contributed by atoms with Gasteiger partial charge < -0.3 is 15.8 Å². The highest BCUT2D eigenvalue weighted by Gasteiger charge is 2.07. The molecule has 7 heteroatoms. The number of hydrogen-bond acceptors (Lipinski definition) is 6. The minimum absolute atomic E-state index is 0.346. The van der Waals surface area contributed by atoms with Gasteiger partial charge in [-0.2, -0.15) is 5.10 Å². The van der Waals surface area contributed by atoms with Gasteiger partial charge in [-0.1, -0.05) is 0 Å². The molecule has 100 valence electrons. The molecule has 0 aliphatic rings. The number of pyridine rings is 1. The lowest BCUT2D eigenvalue weighted by Crippen LogP contribution is -2.07. The summed E-state index contributed by atoms with van der Waals surface area (Å²) in [6.07, 6.45) is 3.12. The van der Waals surface area contributed by atoms with Crippen molar-refractivity contribution in [1.82, 2.24) is 15.2 Å². The monoisotopic (exact) mass is 261 g/mol. The van der Waals surface area contributed by atoms with Crippen LogP contribution in [-0.2, 0) is 11.3 Å². The number of nitrogens with zero attached hydrogens (tertiary/aromatic N) is 2. The van der Waals surface area contributed by atoms with Crippen LogP contribution in [-0.4, -0.2) is 27.8 Å². The zero-order valence-corrected chi connectivity index (χ0v) is 10.5. The van der Waals surface area contributed by atoms with Gasteiger partial charge in [-0.05, 0) is 19.1 Å². The fourth-order valence-corrected chi connectivity index (χ4v) is 1.48. The highest BCUT2D eigenvalue weighted by atomic mass is 16.5. The number of carbonyl (C=O) groups is 1. The van der Waals surface area contributed by atoms with Crippen molar-refractivity contribution in [2.24, 2.45) is 0 Å². The molecule has 0 amide bonds. The number of nitrogens with two attached hydrogens (primary N) is 1. The average molecular weight is 261 g/mol. The number of H-pyrrole nitrogens is 1. The fourth-order valence-electron chi connectivity index (χ4n) is 1.48. The molecule has 0 aliphatic heterocycles. The van der Waals surface area contributed by atoms with Gasteiger partial charge in [0.25, 0.3) is 0 Å². The zero-order chi connectivity index (χ0) is 13.7. The van der Waals surface area contributed by atoms with Crippen LogP contribution in [0.3, 0.4) is 0 Å². The van der Waals surface area contributed by atoms with Gasteiger partial charge in [-0.25, -0.2) is 9.78 Å². The maximum absolute atomic E-state index is 11.4. The molecule has 0 saturated carbocycles. The molecule has 0 fully saturated rings. The smallest absolute Gasteiger partial charge is 0.339 e. The van der Waals surface area contributed by atoms with Gasteiger partial charge in [0.05, 0.1) is 18.4 Å². The first-order valence-corrected chi connectivity index (χ1v) is 5.85. The lowest BCUT2D eigenvalue weighted by Gasteiger charge is -2.05. The maximum Gasteiger partial charge on any atom is 0.339 e. The number of hydrogen-bond donors (Lipinski definition) is 3. The standard InChI is InChI=1S/C12H15N5O2/c1-2-19-12(18)8-3-4-10(14-5-8)15-6-9-7-16-17-11(9)13/h3-5,7H,2,6H2,1H3,(H,14,15)(H3,13,16,17). The lowest BCUT2D eigenvalue weighted by atomic mass is 10.3. The average Bonchev–Trinajstić information content (AvgIpc) is 2.83. The highest BCUT2D eigenvalue weighted by molar-refractivity contribution is 5.89. The Morgan fingerprint density at radius 3 is 2.89 bits per heavy atom. The van der Waals surface area contributed by atoms with E-state index in [1.807, 2.05) is 0 Å². The second-order valence-corrected chi connectivity index (χ2v) is 3.82. The Hall–Kier alpha value is -2.57. The van der Waals surface area contributed by atoms with E-state index in [2.05, 4.69) is 20.5 Å². The van der Waals surface area contributed by atoms with Crippen LogP contribution in [0, 0.1) is 0 Å². The summed E-state index contributed by atoms with van der Waals surface area (Å²) >= 11 is 0. The largest absolute Gasteiger partial charge is 0.462 e. The molecular weight excluding hydrogens is 246 g/mol. The minimum atomic E-state index is -0.374. The molecule has 0 unspecified atom stereocenters. The Labute approximate surface area is 110 Å². The van der Waals surface area contributed by atoms with Crippen LogP contribution in [0.5, 0.6) is 0 Å². The Morgan fingerprint density at radius 1 is 1.47 bits per heavy atom. The van der Waals surface area contributed by atoms with Crippen molar-refractivity contribution in [3.05, 3.63) is 35.7 Å². The number of ether oxygens (including phenoxy) is 1. The van der Waals surface area contributed by atoms with E-state index in [1.54, 1.807) is 25.3 Å². The van der Waals surface area contributed by atoms with E-state index in [-0.39, 0.29) is 5.97 Å². The summed E-state index contributed by atoms with van der Waals surface area (Å²) in [6, 6.07) is 3.37. The van der Waals surface area contributed by atoms with Crippen molar-refractivity contribution in [3.8, 4) is 0 Å². The minimum Gasteiger partial charge on any atom is -0.462 e. The number of nitrogens with one attached hydrogen (secondary N) is 2. The second-order valence-electron chi connectivity index (χ2n) is 3.82. The van der Waals surface area contributed by atoms with Crippen LogP contribution in [0.4, 0.5) is 11.6 Å². The van der Waals surface area contributed by atoms with Crippen LogP contribution in [0.2, 0.25) is 0 Å². The summed E-state index contributed by atoms with van der Waals surface area (Å²) in [6.45, 7) is 2.61. The Balaban J connectivity index is 1.95. The molecule has 0 spiro atoms. The molecule has 0 bridgehead atoms. The van der Waals surface area contributed by atoms with Crippen LogP contribution in [0.15, 0.2) is 24.5 Å². The Kier molecular flexibility index (Phi) is 3.97. The number of carbonyl (C=O) groups excluding carboxylic acids is 1. The zero-order valence-electron chi connectivity index (χ0n) is 10.5. The van der Waals surface area contributed by atoms with Gasteiger partial charge in [0, 0.05) is 18.3 Å².